The Bertz CT molecular complexity index is 1040. The standard InChI is InChI=1S/C16H25NO2/c1-17(2)12-15(13-6-8-14(18)9-7-13)16(19)10-4-3-5-11-16/h6-9,15,18-19H,3-5,10-12H2,1-2H3/i1D3,3D2,4D2,5D2,6D,7D,8D,9D,10D2,11D2,15D. The van der Waals surface area contributed by atoms with Gasteiger partial charge in [-0.1, -0.05) is 31.2 Å². The number of nitrogens with zero attached hydrogens (tertiary/aromatic N) is 1. The maximum Gasteiger partial charge on any atom is 0.115 e. The van der Waals surface area contributed by atoms with Crippen molar-refractivity contribution in [2.24, 2.45) is 0 Å². The summed E-state index contributed by atoms with van der Waals surface area (Å²) in [5.41, 5.74) is -5.80. The number of hydrogen-bond acceptors (Lipinski definition) is 3. The third kappa shape index (κ3) is 3.48. The molecule has 106 valence electrons. The molecule has 0 bridgehead atoms. The first-order chi connectivity index (χ1) is 16.1. The third-order valence-corrected chi connectivity index (χ3v) is 2.36. The van der Waals surface area contributed by atoms with Gasteiger partial charge in [-0.3, -0.25) is 0 Å². The second kappa shape index (κ2) is 5.93. The number of phenolic OH excluding ortho intramolecular Hbond substituents is 1. The first kappa shape index (κ1) is 3.77. The van der Waals surface area contributed by atoms with Gasteiger partial charge in [-0.25, -0.2) is 0 Å². The molecule has 1 aliphatic carbocycles. The monoisotopic (exact) mass is 281 g/mol. The van der Waals surface area contributed by atoms with E-state index in [1.54, 1.807) is 0 Å². The van der Waals surface area contributed by atoms with Crippen molar-refractivity contribution in [2.75, 3.05) is 20.6 Å². The number of aliphatic hydroxyl groups is 1. The van der Waals surface area contributed by atoms with Crippen molar-refractivity contribution in [3.05, 3.63) is 29.7 Å². The van der Waals surface area contributed by atoms with Crippen molar-refractivity contribution in [1.29, 1.82) is 0 Å². The van der Waals surface area contributed by atoms with Crippen molar-refractivity contribution in [1.82, 2.24) is 4.90 Å². The van der Waals surface area contributed by atoms with Gasteiger partial charge in [0.1, 0.15) is 5.75 Å². The van der Waals surface area contributed by atoms with Gasteiger partial charge in [-0.2, -0.15) is 0 Å². The highest BCUT2D eigenvalue weighted by Gasteiger charge is 2.38. The summed E-state index contributed by atoms with van der Waals surface area (Å²) in [5.74, 6) is -5.03. The Kier molecular flexibility index (Phi) is 1.18. The second-order valence-corrected chi connectivity index (χ2v) is 3.89. The molecule has 1 fully saturated rings. The van der Waals surface area contributed by atoms with Crippen molar-refractivity contribution >= 4 is 0 Å². The van der Waals surface area contributed by atoms with Gasteiger partial charge in [0, 0.05) is 31.6 Å². The molecule has 1 atom stereocenters. The topological polar surface area (TPSA) is 43.7 Å². The van der Waals surface area contributed by atoms with E-state index in [1.165, 1.54) is 0 Å². The quantitative estimate of drug-likeness (QED) is 0.892. The SMILES string of the molecule is [2H]c1c([2H])c(C([2H])(CN(C)C([2H])([2H])[2H])C2(O)C([2H])([2H])C([2H])([2H])C([2H])([2H])C([2H])([2H])C2([2H])[2H])c([2H])c([2H])c1O. The highest BCUT2D eigenvalue weighted by molar-refractivity contribution is 5.30. The number of phenols is 1. The highest BCUT2D eigenvalue weighted by Crippen LogP contribution is 2.40. The molecule has 0 aromatic heterocycles. The van der Waals surface area contributed by atoms with Crippen LogP contribution in [-0.4, -0.2) is 41.3 Å². The van der Waals surface area contributed by atoms with Crippen LogP contribution in [-0.2, 0) is 0 Å². The van der Waals surface area contributed by atoms with Crippen LogP contribution in [0.3, 0.4) is 0 Å². The molecule has 19 heavy (non-hydrogen) atoms. The zero-order valence-electron chi connectivity index (χ0n) is 28.0. The molecule has 0 radical (unpaired) electrons. The van der Waals surface area contributed by atoms with Crippen LogP contribution in [0, 0.1) is 0 Å². The number of rotatable bonds is 4. The second-order valence-electron chi connectivity index (χ2n) is 3.89. The van der Waals surface area contributed by atoms with E-state index >= 15 is 0 Å². The third-order valence-electron chi connectivity index (χ3n) is 2.36. The number of aromatic hydroxyl groups is 1. The van der Waals surface area contributed by atoms with Crippen LogP contribution < -0.4 is 0 Å². The van der Waals surface area contributed by atoms with Gasteiger partial charge in [0.2, 0.25) is 0 Å². The minimum absolute atomic E-state index is 0.261. The van der Waals surface area contributed by atoms with E-state index in [0.29, 0.717) is 0 Å². The predicted molar refractivity (Wildman–Crippen MR) is 77.4 cm³/mol. The Morgan fingerprint density at radius 1 is 1.42 bits per heavy atom. The van der Waals surface area contributed by atoms with Crippen LogP contribution in [0.2, 0.25) is 0 Å². The molecule has 1 saturated carbocycles. The van der Waals surface area contributed by atoms with Crippen LogP contribution in [0.25, 0.3) is 0 Å². The van der Waals surface area contributed by atoms with Gasteiger partial charge in [0.15, 0.2) is 0 Å². The van der Waals surface area contributed by atoms with Crippen LogP contribution >= 0.6 is 0 Å². The van der Waals surface area contributed by atoms with E-state index < -0.39 is 92.4 Å². The van der Waals surface area contributed by atoms with Crippen molar-refractivity contribution in [2.45, 2.75) is 43.4 Å². The van der Waals surface area contributed by atoms with Gasteiger partial charge < -0.3 is 15.1 Å². The summed E-state index contributed by atoms with van der Waals surface area (Å²) in [6, 6.07) is -5.18. The average molecular weight is 281 g/mol. The first-order valence-electron chi connectivity index (χ1n) is 14.3. The lowest BCUT2D eigenvalue weighted by atomic mass is 9.72. The lowest BCUT2D eigenvalue weighted by molar-refractivity contribution is -0.0277. The molecule has 3 nitrogen and oxygen atoms in total. The fourth-order valence-electron chi connectivity index (χ4n) is 1.53. The van der Waals surface area contributed by atoms with Gasteiger partial charge in [0.05, 0.1) is 11.1 Å². The van der Waals surface area contributed by atoms with Crippen LogP contribution in [0.4, 0.5) is 0 Å². The first-order valence-corrected chi connectivity index (χ1v) is 5.29. The molecule has 2 rings (SSSR count). The molecular weight excluding hydrogens is 238 g/mol. The normalized spacial score (nSPS) is 49.8. The molecule has 1 aromatic rings. The molecule has 0 heterocycles. The van der Waals surface area contributed by atoms with Crippen LogP contribution in [0.15, 0.2) is 24.2 Å². The van der Waals surface area contributed by atoms with E-state index in [1.807, 2.05) is 0 Å². The molecule has 1 unspecified atom stereocenters. The average Bonchev–Trinajstić information content (AvgIpc) is 2.73. The zero-order chi connectivity index (χ0) is 29.7. The van der Waals surface area contributed by atoms with E-state index in [9.17, 15) is 10.2 Å². The minimum atomic E-state index is -4.42. The molecule has 1 aliphatic rings. The van der Waals surface area contributed by atoms with Crippen molar-refractivity contribution < 1.29 is 34.9 Å². The summed E-state index contributed by atoms with van der Waals surface area (Å²) >= 11 is 0. The Hall–Kier alpha value is -1.06. The zero-order valence-corrected chi connectivity index (χ0v) is 10.0. The molecule has 3 heteroatoms. The fraction of sp³-hybridized carbons (Fsp3) is 0.625. The smallest absolute Gasteiger partial charge is 0.115 e. The molecule has 0 aliphatic heterocycles. The fourth-order valence-corrected chi connectivity index (χ4v) is 1.53. The lowest BCUT2D eigenvalue weighted by Gasteiger charge is -2.40. The maximum absolute atomic E-state index is 11.9. The summed E-state index contributed by atoms with van der Waals surface area (Å²) in [7, 11) is 0.785. The Labute approximate surface area is 141 Å². The van der Waals surface area contributed by atoms with Crippen LogP contribution in [0.5, 0.6) is 5.75 Å². The maximum atomic E-state index is 11.9. The Balaban J connectivity index is 3.26. The number of hydrogen-bond donors (Lipinski definition) is 2. The van der Waals surface area contributed by atoms with Gasteiger partial charge in [-0.15, -0.1) is 0 Å². The predicted octanol–water partition coefficient (Wildman–Crippen LogP) is 2.73. The minimum Gasteiger partial charge on any atom is -0.508 e. The largest absolute Gasteiger partial charge is 0.508 e. The van der Waals surface area contributed by atoms with Crippen molar-refractivity contribution in [3.63, 3.8) is 0 Å². The van der Waals surface area contributed by atoms with Crippen LogP contribution in [0.1, 0.15) is 68.0 Å². The highest BCUT2D eigenvalue weighted by atomic mass is 16.3. The van der Waals surface area contributed by atoms with Gasteiger partial charge in [0.25, 0.3) is 0 Å². The van der Waals surface area contributed by atoms with E-state index in [4.69, 9.17) is 24.7 Å². The van der Waals surface area contributed by atoms with Gasteiger partial charge in [-0.05, 0) is 44.4 Å². The summed E-state index contributed by atoms with van der Waals surface area (Å²) in [4.78, 5) is 0.261. The van der Waals surface area contributed by atoms with E-state index in [2.05, 4.69) is 0 Å². The number of likely N-dealkylation sites (N-methyl/N-ethyl adjacent to an activating group) is 1. The number of benzene rings is 1. The molecular formula is C16H25NO2. The molecule has 2 N–H and O–H groups in total. The Morgan fingerprint density at radius 3 is 2.63 bits per heavy atom. The molecule has 0 spiro atoms. The van der Waals surface area contributed by atoms with Gasteiger partial charge >= 0.3 is 0 Å². The molecule has 1 aromatic carbocycles. The molecule has 0 amide bonds. The Morgan fingerprint density at radius 2 is 2.05 bits per heavy atom. The summed E-state index contributed by atoms with van der Waals surface area (Å²) in [6.07, 6.45) is -20.8. The summed E-state index contributed by atoms with van der Waals surface area (Å²) in [5, 5.41) is 21.8. The summed E-state index contributed by atoms with van der Waals surface area (Å²) < 4.78 is 146. The lowest BCUT2D eigenvalue weighted by Crippen LogP contribution is -2.42. The van der Waals surface area contributed by atoms with E-state index in [0.717, 1.165) is 7.05 Å². The van der Waals surface area contributed by atoms with E-state index in [-0.39, 0.29) is 4.90 Å². The van der Waals surface area contributed by atoms with Crippen molar-refractivity contribution in [3.8, 4) is 5.75 Å². The molecule has 0 saturated heterocycles. The summed E-state index contributed by atoms with van der Waals surface area (Å²) in [6.45, 7) is -4.71.